The van der Waals surface area contributed by atoms with E-state index in [4.69, 9.17) is 9.26 Å². The lowest BCUT2D eigenvalue weighted by molar-refractivity contribution is -0.137. The fourth-order valence-corrected chi connectivity index (χ4v) is 3.67. The average molecular weight is 350 g/mol. The molecule has 0 bridgehead atoms. The number of esters is 1. The lowest BCUT2D eigenvalue weighted by atomic mass is 10.3. The number of nitrogens with zero attached hydrogens (tertiary/aromatic N) is 2. The molecule has 3 rings (SSSR count). The summed E-state index contributed by atoms with van der Waals surface area (Å²) in [6, 6.07) is 5.69. The number of ether oxygens (including phenoxy) is 1. The number of rotatable bonds is 5. The predicted molar refractivity (Wildman–Crippen MR) is 87.5 cm³/mol. The number of carbonyl (C=O) groups is 2. The van der Waals surface area contributed by atoms with Crippen molar-refractivity contribution in [1.82, 2.24) is 10.1 Å². The molecule has 0 spiro atoms. The second-order valence-corrected chi connectivity index (χ2v) is 6.61. The molecule has 1 aliphatic rings. The molecule has 8 heteroatoms. The number of amides is 1. The number of carbonyl (C=O) groups excluding carboxylic acids is 2. The molecule has 0 aromatic carbocycles. The molecular formula is C15H14N2O4S2. The fraction of sp³-hybridized carbons (Fsp3) is 0.267. The lowest BCUT2D eigenvalue weighted by Crippen LogP contribution is -2.24. The predicted octanol–water partition coefficient (Wildman–Crippen LogP) is 2.88. The first-order valence-corrected chi connectivity index (χ1v) is 8.85. The van der Waals surface area contributed by atoms with E-state index >= 15 is 0 Å². The summed E-state index contributed by atoms with van der Waals surface area (Å²) in [5.41, 5.74) is 0.638. The molecule has 2 aromatic rings. The van der Waals surface area contributed by atoms with Crippen LogP contribution in [0.4, 0.5) is 0 Å². The van der Waals surface area contributed by atoms with Crippen molar-refractivity contribution in [2.75, 3.05) is 12.4 Å². The van der Waals surface area contributed by atoms with Gasteiger partial charge in [-0.15, -0.1) is 11.3 Å². The van der Waals surface area contributed by atoms with Gasteiger partial charge in [0.05, 0.1) is 34.9 Å². The topological polar surface area (TPSA) is 72.6 Å². The summed E-state index contributed by atoms with van der Waals surface area (Å²) in [4.78, 5) is 26.1. The van der Waals surface area contributed by atoms with Crippen LogP contribution in [0, 0.1) is 0 Å². The van der Waals surface area contributed by atoms with Gasteiger partial charge in [0.25, 0.3) is 0 Å². The molecule has 23 heavy (non-hydrogen) atoms. The van der Waals surface area contributed by atoms with Gasteiger partial charge in [0.15, 0.2) is 5.76 Å². The maximum Gasteiger partial charge on any atom is 0.333 e. The zero-order valence-electron chi connectivity index (χ0n) is 12.4. The average Bonchev–Trinajstić information content (AvgIpc) is 3.24. The fourth-order valence-electron chi connectivity index (χ4n) is 2.07. The van der Waals surface area contributed by atoms with E-state index in [1.54, 1.807) is 18.3 Å². The number of aromatic nitrogens is 1. The van der Waals surface area contributed by atoms with Crippen molar-refractivity contribution in [3.8, 4) is 10.6 Å². The SMILES string of the molecule is CCOC(=O)/C=C1\SCC(=O)N1Cc1cc(-c2cccs2)on1. The van der Waals surface area contributed by atoms with Gasteiger partial charge in [-0.25, -0.2) is 4.79 Å². The van der Waals surface area contributed by atoms with Crippen LogP contribution >= 0.6 is 23.1 Å². The molecule has 6 nitrogen and oxygen atoms in total. The summed E-state index contributed by atoms with van der Waals surface area (Å²) in [5.74, 6) is 0.464. The Bertz CT molecular complexity index is 737. The van der Waals surface area contributed by atoms with Crippen molar-refractivity contribution in [3.05, 3.63) is 40.4 Å². The number of thiophene rings is 1. The Hall–Kier alpha value is -2.06. The smallest absolute Gasteiger partial charge is 0.333 e. The van der Waals surface area contributed by atoms with Crippen LogP contribution in [-0.4, -0.2) is 34.3 Å². The Morgan fingerprint density at radius 3 is 3.17 bits per heavy atom. The molecule has 0 radical (unpaired) electrons. The Labute approximate surface area is 141 Å². The summed E-state index contributed by atoms with van der Waals surface area (Å²) in [6.07, 6.45) is 1.35. The van der Waals surface area contributed by atoms with E-state index in [1.807, 2.05) is 23.6 Å². The highest BCUT2D eigenvalue weighted by atomic mass is 32.2. The van der Waals surface area contributed by atoms with E-state index in [2.05, 4.69) is 5.16 Å². The second-order valence-electron chi connectivity index (χ2n) is 4.66. The van der Waals surface area contributed by atoms with Gasteiger partial charge in [0, 0.05) is 6.07 Å². The highest BCUT2D eigenvalue weighted by Crippen LogP contribution is 2.31. The summed E-state index contributed by atoms with van der Waals surface area (Å²) in [6.45, 7) is 2.31. The van der Waals surface area contributed by atoms with Gasteiger partial charge in [-0.3, -0.25) is 9.69 Å². The quantitative estimate of drug-likeness (QED) is 0.610. The van der Waals surface area contributed by atoms with Crippen LogP contribution in [-0.2, 0) is 20.9 Å². The minimum Gasteiger partial charge on any atom is -0.463 e. The van der Waals surface area contributed by atoms with E-state index in [0.29, 0.717) is 28.8 Å². The summed E-state index contributed by atoms with van der Waals surface area (Å²) >= 11 is 2.87. The van der Waals surface area contributed by atoms with E-state index in [1.165, 1.54) is 22.7 Å². The van der Waals surface area contributed by atoms with E-state index in [9.17, 15) is 9.59 Å². The zero-order valence-corrected chi connectivity index (χ0v) is 14.0. The summed E-state index contributed by atoms with van der Waals surface area (Å²) in [5, 5.41) is 6.54. The molecular weight excluding hydrogens is 336 g/mol. The van der Waals surface area contributed by atoms with Crippen molar-refractivity contribution in [2.24, 2.45) is 0 Å². The maximum absolute atomic E-state index is 12.0. The largest absolute Gasteiger partial charge is 0.463 e. The highest BCUT2D eigenvalue weighted by molar-refractivity contribution is 8.04. The first-order valence-electron chi connectivity index (χ1n) is 6.98. The maximum atomic E-state index is 12.0. The zero-order chi connectivity index (χ0) is 16.2. The summed E-state index contributed by atoms with van der Waals surface area (Å²) < 4.78 is 10.2. The van der Waals surface area contributed by atoms with Crippen LogP contribution in [0.25, 0.3) is 10.6 Å². The lowest BCUT2D eigenvalue weighted by Gasteiger charge is -2.14. The normalized spacial score (nSPS) is 16.3. The molecule has 0 saturated carbocycles. The van der Waals surface area contributed by atoms with Gasteiger partial charge in [0.2, 0.25) is 5.91 Å². The van der Waals surface area contributed by atoms with Crippen molar-refractivity contribution >= 4 is 35.0 Å². The van der Waals surface area contributed by atoms with Gasteiger partial charge in [-0.2, -0.15) is 0 Å². The Morgan fingerprint density at radius 1 is 1.57 bits per heavy atom. The molecule has 0 unspecified atom stereocenters. The van der Waals surface area contributed by atoms with Gasteiger partial charge in [-0.1, -0.05) is 23.0 Å². The third kappa shape index (κ3) is 3.65. The molecule has 1 fully saturated rings. The number of hydrogen-bond donors (Lipinski definition) is 0. The number of hydrogen-bond acceptors (Lipinski definition) is 7. The minimum absolute atomic E-state index is 0.0637. The standard InChI is InChI=1S/C15H14N2O4S2/c1-2-20-15(19)7-14-17(13(18)9-23-14)8-10-6-11(21-16-10)12-4-3-5-22-12/h3-7H,2,8-9H2,1H3/b14-7-. The van der Waals surface area contributed by atoms with Crippen molar-refractivity contribution in [2.45, 2.75) is 13.5 Å². The van der Waals surface area contributed by atoms with Crippen LogP contribution in [0.5, 0.6) is 0 Å². The Balaban J connectivity index is 1.75. The Kier molecular flexibility index (Phi) is 4.82. The van der Waals surface area contributed by atoms with Gasteiger partial charge in [-0.05, 0) is 18.4 Å². The van der Waals surface area contributed by atoms with Crippen LogP contribution in [0.2, 0.25) is 0 Å². The minimum atomic E-state index is -0.450. The molecule has 1 amide bonds. The molecule has 3 heterocycles. The first-order chi connectivity index (χ1) is 11.2. The van der Waals surface area contributed by atoms with E-state index in [-0.39, 0.29) is 12.5 Å². The molecule has 0 aliphatic carbocycles. The van der Waals surface area contributed by atoms with Crippen molar-refractivity contribution in [3.63, 3.8) is 0 Å². The molecule has 1 aliphatic heterocycles. The third-order valence-corrected chi connectivity index (χ3v) is 4.99. The van der Waals surface area contributed by atoms with Gasteiger partial charge >= 0.3 is 5.97 Å². The monoisotopic (exact) mass is 350 g/mol. The highest BCUT2D eigenvalue weighted by Gasteiger charge is 2.28. The van der Waals surface area contributed by atoms with E-state index < -0.39 is 5.97 Å². The van der Waals surface area contributed by atoms with E-state index in [0.717, 1.165) is 4.88 Å². The van der Waals surface area contributed by atoms with Crippen LogP contribution in [0.15, 0.2) is 39.2 Å². The molecule has 0 N–H and O–H groups in total. The molecule has 1 saturated heterocycles. The molecule has 0 atom stereocenters. The van der Waals surface area contributed by atoms with Crippen molar-refractivity contribution in [1.29, 1.82) is 0 Å². The third-order valence-electron chi connectivity index (χ3n) is 3.08. The second kappa shape index (κ2) is 7.01. The summed E-state index contributed by atoms with van der Waals surface area (Å²) in [7, 11) is 0. The first kappa shape index (κ1) is 15.8. The van der Waals surface area contributed by atoms with Gasteiger partial charge < -0.3 is 9.26 Å². The molecule has 120 valence electrons. The van der Waals surface area contributed by atoms with Crippen LogP contribution in [0.1, 0.15) is 12.6 Å². The number of thioether (sulfide) groups is 1. The van der Waals surface area contributed by atoms with Crippen LogP contribution in [0.3, 0.4) is 0 Å². The van der Waals surface area contributed by atoms with Crippen LogP contribution < -0.4 is 0 Å². The van der Waals surface area contributed by atoms with Crippen molar-refractivity contribution < 1.29 is 18.8 Å². The van der Waals surface area contributed by atoms with Gasteiger partial charge in [0.1, 0.15) is 5.69 Å². The Morgan fingerprint density at radius 2 is 2.43 bits per heavy atom. The molecule has 2 aromatic heterocycles.